The summed E-state index contributed by atoms with van der Waals surface area (Å²) < 4.78 is 5.95. The first-order valence-electron chi connectivity index (χ1n) is 13.8. The summed E-state index contributed by atoms with van der Waals surface area (Å²) in [4.78, 5) is 2.52. The molecule has 0 spiro atoms. The van der Waals surface area contributed by atoms with Gasteiger partial charge in [0.1, 0.15) is 5.75 Å². The van der Waals surface area contributed by atoms with E-state index in [9.17, 15) is 0 Å². The molecule has 2 heteroatoms. The van der Waals surface area contributed by atoms with Crippen molar-refractivity contribution in [3.05, 3.63) is 60.2 Å². The van der Waals surface area contributed by atoms with Crippen LogP contribution in [0.4, 0.5) is 0 Å². The van der Waals surface area contributed by atoms with Crippen molar-refractivity contribution in [1.29, 1.82) is 0 Å². The van der Waals surface area contributed by atoms with Gasteiger partial charge in [0.25, 0.3) is 0 Å². The maximum Gasteiger partial charge on any atom is 0.119 e. The fourth-order valence-corrected chi connectivity index (χ4v) is 4.12. The zero-order valence-corrected chi connectivity index (χ0v) is 23.1. The molecule has 0 unspecified atom stereocenters. The van der Waals surface area contributed by atoms with E-state index in [2.05, 4.69) is 94.7 Å². The molecule has 34 heavy (non-hydrogen) atoms. The second kappa shape index (κ2) is 18.5. The van der Waals surface area contributed by atoms with Gasteiger partial charge in [0.15, 0.2) is 0 Å². The standard InChI is InChI=1S/C32H53NO/c1-7-32(6,25-18-19-29(4)5)26-24-30-20-22-31(23-21-30)34-28-17-15-13-11-10-12-14-16-27-33(8-2)9-3/h7,19-24,26H,1,8-18,25,27-28H2,2-6H3/b26-24+/t32-/m1/s1. The summed E-state index contributed by atoms with van der Waals surface area (Å²) in [7, 11) is 0. The predicted molar refractivity (Wildman–Crippen MR) is 153 cm³/mol. The van der Waals surface area contributed by atoms with Crippen LogP contribution in [-0.2, 0) is 0 Å². The molecule has 1 aromatic rings. The lowest BCUT2D eigenvalue weighted by atomic mass is 9.84. The molecule has 0 heterocycles. The molecular weight excluding hydrogens is 414 g/mol. The highest BCUT2D eigenvalue weighted by Gasteiger charge is 2.15. The van der Waals surface area contributed by atoms with E-state index in [0.29, 0.717) is 0 Å². The fraction of sp³-hybridized carbons (Fsp3) is 0.625. The third kappa shape index (κ3) is 14.5. The Bertz CT molecular complexity index is 694. The zero-order valence-electron chi connectivity index (χ0n) is 23.1. The summed E-state index contributed by atoms with van der Waals surface area (Å²) in [6.45, 7) is 19.6. The Kier molecular flexibility index (Phi) is 16.5. The van der Waals surface area contributed by atoms with Gasteiger partial charge in [0.2, 0.25) is 0 Å². The summed E-state index contributed by atoms with van der Waals surface area (Å²) in [6.07, 6.45) is 21.6. The van der Waals surface area contributed by atoms with E-state index in [1.165, 1.54) is 75.7 Å². The lowest BCUT2D eigenvalue weighted by molar-refractivity contribution is 0.294. The van der Waals surface area contributed by atoms with Gasteiger partial charge in [-0.2, -0.15) is 0 Å². The quantitative estimate of drug-likeness (QED) is 0.140. The number of hydrogen-bond donors (Lipinski definition) is 0. The maximum absolute atomic E-state index is 5.95. The highest BCUT2D eigenvalue weighted by atomic mass is 16.5. The van der Waals surface area contributed by atoms with Crippen molar-refractivity contribution in [2.45, 2.75) is 98.8 Å². The van der Waals surface area contributed by atoms with Crippen LogP contribution in [0, 0.1) is 5.41 Å². The lowest BCUT2D eigenvalue weighted by Crippen LogP contribution is -2.23. The van der Waals surface area contributed by atoms with Gasteiger partial charge in [-0.25, -0.2) is 0 Å². The van der Waals surface area contributed by atoms with Crippen LogP contribution >= 0.6 is 0 Å². The fourth-order valence-electron chi connectivity index (χ4n) is 4.12. The molecule has 0 fully saturated rings. The van der Waals surface area contributed by atoms with Gasteiger partial charge < -0.3 is 9.64 Å². The van der Waals surface area contributed by atoms with E-state index >= 15 is 0 Å². The topological polar surface area (TPSA) is 12.5 Å². The first kappa shape index (κ1) is 30.2. The first-order valence-corrected chi connectivity index (χ1v) is 13.8. The number of nitrogens with zero attached hydrogens (tertiary/aromatic N) is 1. The molecule has 0 aliphatic carbocycles. The van der Waals surface area contributed by atoms with Gasteiger partial charge >= 0.3 is 0 Å². The van der Waals surface area contributed by atoms with Crippen molar-refractivity contribution >= 4 is 6.08 Å². The monoisotopic (exact) mass is 467 g/mol. The third-order valence-electron chi connectivity index (χ3n) is 6.77. The van der Waals surface area contributed by atoms with Crippen LogP contribution in [0.15, 0.2) is 54.6 Å². The molecule has 1 atom stereocenters. The smallest absolute Gasteiger partial charge is 0.119 e. The summed E-state index contributed by atoms with van der Waals surface area (Å²) >= 11 is 0. The van der Waals surface area contributed by atoms with Crippen LogP contribution in [0.5, 0.6) is 5.75 Å². The molecule has 0 bridgehead atoms. The van der Waals surface area contributed by atoms with Gasteiger partial charge in [-0.1, -0.05) is 101 Å². The number of ether oxygens (including phenoxy) is 1. The second-order valence-corrected chi connectivity index (χ2v) is 10.1. The Morgan fingerprint density at radius 3 is 2.06 bits per heavy atom. The molecule has 0 radical (unpaired) electrons. The Labute approximate surface area is 212 Å². The SMILES string of the molecule is C=C[C@@](C)(/C=C/c1ccc(OCCCCCCCCCCN(CC)CC)cc1)CCC=C(C)C. The molecular formula is C32H53NO. The van der Waals surface area contributed by atoms with Crippen molar-refractivity contribution in [3.63, 3.8) is 0 Å². The Morgan fingerprint density at radius 1 is 0.912 bits per heavy atom. The van der Waals surface area contributed by atoms with Crippen molar-refractivity contribution in [1.82, 2.24) is 4.90 Å². The van der Waals surface area contributed by atoms with Crippen LogP contribution in [-0.4, -0.2) is 31.1 Å². The van der Waals surface area contributed by atoms with E-state index in [1.54, 1.807) is 0 Å². The summed E-state index contributed by atoms with van der Waals surface area (Å²) in [6, 6.07) is 8.47. The van der Waals surface area contributed by atoms with Crippen molar-refractivity contribution < 1.29 is 4.74 Å². The van der Waals surface area contributed by atoms with Crippen LogP contribution in [0.25, 0.3) is 6.08 Å². The first-order chi connectivity index (χ1) is 16.4. The number of rotatable bonds is 20. The minimum Gasteiger partial charge on any atom is -0.494 e. The molecule has 0 N–H and O–H groups in total. The highest BCUT2D eigenvalue weighted by molar-refractivity contribution is 5.52. The maximum atomic E-state index is 5.95. The van der Waals surface area contributed by atoms with E-state index in [1.807, 2.05) is 0 Å². The van der Waals surface area contributed by atoms with E-state index in [4.69, 9.17) is 4.74 Å². The van der Waals surface area contributed by atoms with Crippen LogP contribution in [0.2, 0.25) is 0 Å². The minimum atomic E-state index is 0.0203. The second-order valence-electron chi connectivity index (χ2n) is 10.1. The highest BCUT2D eigenvalue weighted by Crippen LogP contribution is 2.28. The third-order valence-corrected chi connectivity index (χ3v) is 6.77. The zero-order chi connectivity index (χ0) is 25.1. The van der Waals surface area contributed by atoms with Crippen LogP contribution in [0.3, 0.4) is 0 Å². The Hall–Kier alpha value is -1.80. The molecule has 192 valence electrons. The molecule has 0 aliphatic heterocycles. The van der Waals surface area contributed by atoms with Gasteiger partial charge in [-0.05, 0) is 76.9 Å². The molecule has 0 saturated carbocycles. The van der Waals surface area contributed by atoms with Gasteiger partial charge in [0.05, 0.1) is 6.61 Å². The van der Waals surface area contributed by atoms with Crippen LogP contribution in [0.1, 0.15) is 104 Å². The van der Waals surface area contributed by atoms with E-state index < -0.39 is 0 Å². The molecule has 0 aliphatic rings. The van der Waals surface area contributed by atoms with Crippen molar-refractivity contribution in [2.24, 2.45) is 5.41 Å². The average molecular weight is 468 g/mol. The molecule has 2 nitrogen and oxygen atoms in total. The van der Waals surface area contributed by atoms with Crippen molar-refractivity contribution in [3.8, 4) is 5.75 Å². The molecule has 1 aromatic carbocycles. The van der Waals surface area contributed by atoms with Gasteiger partial charge in [-0.3, -0.25) is 0 Å². The molecule has 0 amide bonds. The molecule has 0 aromatic heterocycles. The average Bonchev–Trinajstić information content (AvgIpc) is 2.84. The number of benzene rings is 1. The molecule has 1 rings (SSSR count). The van der Waals surface area contributed by atoms with Gasteiger partial charge in [-0.15, -0.1) is 6.58 Å². The lowest BCUT2D eigenvalue weighted by Gasteiger charge is -2.20. The Morgan fingerprint density at radius 2 is 1.50 bits per heavy atom. The normalized spacial score (nSPS) is 13.2. The van der Waals surface area contributed by atoms with Crippen LogP contribution < -0.4 is 4.74 Å². The van der Waals surface area contributed by atoms with Gasteiger partial charge in [0, 0.05) is 5.41 Å². The van der Waals surface area contributed by atoms with E-state index in [0.717, 1.165) is 31.6 Å². The summed E-state index contributed by atoms with van der Waals surface area (Å²) in [5, 5.41) is 0. The number of allylic oxidation sites excluding steroid dienone is 4. The number of hydrogen-bond acceptors (Lipinski definition) is 2. The molecule has 0 saturated heterocycles. The van der Waals surface area contributed by atoms with E-state index in [-0.39, 0.29) is 5.41 Å². The summed E-state index contributed by atoms with van der Waals surface area (Å²) in [5.41, 5.74) is 2.61. The predicted octanol–water partition coefficient (Wildman–Crippen LogP) is 9.48. The Balaban J connectivity index is 2.17. The summed E-state index contributed by atoms with van der Waals surface area (Å²) in [5.74, 6) is 0.973. The minimum absolute atomic E-state index is 0.0203. The number of unbranched alkanes of at least 4 members (excludes halogenated alkanes) is 7. The van der Waals surface area contributed by atoms with Crippen molar-refractivity contribution in [2.75, 3.05) is 26.2 Å². The largest absolute Gasteiger partial charge is 0.494 e.